The molecule has 0 aromatic heterocycles. The molecule has 0 aliphatic carbocycles. The Balaban J connectivity index is 3.35. The average molecular weight is 1130 g/mol. The van der Waals surface area contributed by atoms with Crippen LogP contribution in [0.25, 0.3) is 0 Å². The van der Waals surface area contributed by atoms with Crippen molar-refractivity contribution in [2.24, 2.45) is 0 Å². The van der Waals surface area contributed by atoms with Crippen molar-refractivity contribution in [2.75, 3.05) is 6.61 Å². The van der Waals surface area contributed by atoms with Crippen LogP contribution in [0, 0.1) is 0 Å². The standard InChI is InChI=1S/C76H151NO3/c1-3-5-7-9-11-13-15-17-19-21-23-25-27-29-31-33-35-37-38-40-42-44-46-48-50-52-54-56-58-60-62-64-66-68-70-72-76(80)77-74(73-78)75(79)71-69-67-65-63-61-59-57-55-53-51-49-47-45-43-41-39-36-34-32-30-28-26-24-22-20-18-16-14-12-10-8-6-4-2/h21,23,74-75,78-79H,3-20,22,24-73H2,1-2H3,(H,77,80)/b23-21-. The van der Waals surface area contributed by atoms with E-state index in [-0.39, 0.29) is 12.5 Å². The molecule has 80 heavy (non-hydrogen) atoms. The molecule has 0 saturated heterocycles. The number of carbonyl (C=O) groups excluding carboxylic acids is 1. The largest absolute Gasteiger partial charge is 0.394 e. The molecule has 1 amide bonds. The first kappa shape index (κ1) is 79.1. The van der Waals surface area contributed by atoms with Gasteiger partial charge in [0.1, 0.15) is 0 Å². The molecule has 0 spiro atoms. The van der Waals surface area contributed by atoms with Crippen LogP contribution in [0.2, 0.25) is 0 Å². The fraction of sp³-hybridized carbons (Fsp3) is 0.961. The minimum Gasteiger partial charge on any atom is -0.394 e. The first-order valence-corrected chi connectivity index (χ1v) is 37.9. The molecule has 0 heterocycles. The second kappa shape index (κ2) is 72.4. The molecular formula is C76H151NO3. The molecule has 0 aromatic carbocycles. The van der Waals surface area contributed by atoms with E-state index < -0.39 is 12.1 Å². The summed E-state index contributed by atoms with van der Waals surface area (Å²) in [6, 6.07) is -0.535. The number of hydrogen-bond acceptors (Lipinski definition) is 3. The molecule has 0 radical (unpaired) electrons. The molecule has 478 valence electrons. The van der Waals surface area contributed by atoms with Gasteiger partial charge in [-0.3, -0.25) is 4.79 Å². The molecule has 3 N–H and O–H groups in total. The van der Waals surface area contributed by atoms with Gasteiger partial charge in [0.25, 0.3) is 0 Å². The van der Waals surface area contributed by atoms with Crippen molar-refractivity contribution >= 4 is 5.91 Å². The number of nitrogens with one attached hydrogen (secondary N) is 1. The summed E-state index contributed by atoms with van der Waals surface area (Å²) in [5, 5.41) is 23.5. The van der Waals surface area contributed by atoms with Gasteiger partial charge >= 0.3 is 0 Å². The van der Waals surface area contributed by atoms with Gasteiger partial charge < -0.3 is 15.5 Å². The Morgan fingerprint density at radius 3 is 0.688 bits per heavy atom. The highest BCUT2D eigenvalue weighted by molar-refractivity contribution is 5.76. The molecule has 4 nitrogen and oxygen atoms in total. The zero-order valence-corrected chi connectivity index (χ0v) is 55.4. The molecule has 0 fully saturated rings. The molecule has 2 atom stereocenters. The van der Waals surface area contributed by atoms with Gasteiger partial charge in [-0.25, -0.2) is 0 Å². The van der Waals surface area contributed by atoms with Crippen molar-refractivity contribution in [2.45, 2.75) is 463 Å². The lowest BCUT2D eigenvalue weighted by Crippen LogP contribution is -2.45. The van der Waals surface area contributed by atoms with E-state index in [1.165, 1.54) is 398 Å². The van der Waals surface area contributed by atoms with Crippen LogP contribution in [-0.4, -0.2) is 34.9 Å². The summed E-state index contributed by atoms with van der Waals surface area (Å²) in [4.78, 5) is 12.6. The van der Waals surface area contributed by atoms with E-state index in [2.05, 4.69) is 31.3 Å². The number of carbonyl (C=O) groups is 1. The van der Waals surface area contributed by atoms with Crippen LogP contribution in [0.1, 0.15) is 450 Å². The number of hydrogen-bond donors (Lipinski definition) is 3. The second-order valence-corrected chi connectivity index (χ2v) is 26.4. The quantitative estimate of drug-likeness (QED) is 0.0420. The molecule has 0 aromatic rings. The molecule has 0 bridgehead atoms. The van der Waals surface area contributed by atoms with Crippen molar-refractivity contribution in [3.63, 3.8) is 0 Å². The number of aliphatic hydroxyl groups is 2. The smallest absolute Gasteiger partial charge is 0.220 e. The van der Waals surface area contributed by atoms with Crippen LogP contribution in [0.15, 0.2) is 12.2 Å². The lowest BCUT2D eigenvalue weighted by Gasteiger charge is -2.22. The maximum absolute atomic E-state index is 12.6. The molecular weight excluding hydrogens is 975 g/mol. The minimum atomic E-state index is -0.658. The first-order valence-electron chi connectivity index (χ1n) is 37.9. The summed E-state index contributed by atoms with van der Waals surface area (Å²) in [7, 11) is 0. The third-order valence-corrected chi connectivity index (χ3v) is 18.3. The first-order chi connectivity index (χ1) is 39.7. The number of unbranched alkanes of at least 4 members (excludes halogenated alkanes) is 63. The van der Waals surface area contributed by atoms with E-state index in [1.807, 2.05) is 0 Å². The van der Waals surface area contributed by atoms with E-state index in [1.54, 1.807) is 0 Å². The topological polar surface area (TPSA) is 69.6 Å². The Labute approximate surface area is 505 Å². The maximum Gasteiger partial charge on any atom is 0.220 e. The van der Waals surface area contributed by atoms with E-state index in [0.717, 1.165) is 25.7 Å². The lowest BCUT2D eigenvalue weighted by atomic mass is 10.0. The van der Waals surface area contributed by atoms with Crippen molar-refractivity contribution in [1.82, 2.24) is 5.32 Å². The zero-order chi connectivity index (χ0) is 57.6. The molecule has 0 aliphatic rings. The Hall–Kier alpha value is -0.870. The zero-order valence-electron chi connectivity index (χ0n) is 55.4. The van der Waals surface area contributed by atoms with E-state index >= 15 is 0 Å². The van der Waals surface area contributed by atoms with Gasteiger partial charge in [-0.15, -0.1) is 0 Å². The normalized spacial score (nSPS) is 12.6. The predicted molar refractivity (Wildman–Crippen MR) is 359 cm³/mol. The maximum atomic E-state index is 12.6. The number of rotatable bonds is 72. The van der Waals surface area contributed by atoms with Crippen molar-refractivity contribution in [3.8, 4) is 0 Å². The van der Waals surface area contributed by atoms with E-state index in [4.69, 9.17) is 0 Å². The summed E-state index contributed by atoms with van der Waals surface area (Å²) in [6.45, 7) is 4.42. The van der Waals surface area contributed by atoms with Gasteiger partial charge in [0.05, 0.1) is 18.8 Å². The van der Waals surface area contributed by atoms with E-state index in [0.29, 0.717) is 12.8 Å². The van der Waals surface area contributed by atoms with Gasteiger partial charge in [-0.2, -0.15) is 0 Å². The van der Waals surface area contributed by atoms with Crippen LogP contribution in [0.5, 0.6) is 0 Å². The minimum absolute atomic E-state index is 0.0196. The van der Waals surface area contributed by atoms with Gasteiger partial charge in [0, 0.05) is 6.42 Å². The summed E-state index contributed by atoms with van der Waals surface area (Å²) >= 11 is 0. The molecule has 0 aliphatic heterocycles. The van der Waals surface area contributed by atoms with Crippen molar-refractivity contribution in [3.05, 3.63) is 12.2 Å². The van der Waals surface area contributed by atoms with Gasteiger partial charge in [0.15, 0.2) is 0 Å². The van der Waals surface area contributed by atoms with Gasteiger partial charge in [-0.1, -0.05) is 418 Å². The summed E-state index contributed by atoms with van der Waals surface area (Å²) in [6.07, 6.45) is 97.4. The third kappa shape index (κ3) is 67.9. The second-order valence-electron chi connectivity index (χ2n) is 26.4. The molecule has 0 rings (SSSR count). The van der Waals surface area contributed by atoms with Crippen molar-refractivity contribution < 1.29 is 15.0 Å². The van der Waals surface area contributed by atoms with Crippen LogP contribution in [0.4, 0.5) is 0 Å². The lowest BCUT2D eigenvalue weighted by molar-refractivity contribution is -0.123. The molecule has 0 saturated carbocycles. The monoisotopic (exact) mass is 1130 g/mol. The molecule has 2 unspecified atom stereocenters. The summed E-state index contributed by atoms with van der Waals surface area (Å²) in [5.41, 5.74) is 0. The van der Waals surface area contributed by atoms with Crippen LogP contribution < -0.4 is 5.32 Å². The number of allylic oxidation sites excluding steroid dienone is 2. The van der Waals surface area contributed by atoms with Gasteiger partial charge in [-0.05, 0) is 38.5 Å². The highest BCUT2D eigenvalue weighted by atomic mass is 16.3. The third-order valence-electron chi connectivity index (χ3n) is 18.3. The molecule has 4 heteroatoms. The van der Waals surface area contributed by atoms with Crippen molar-refractivity contribution in [1.29, 1.82) is 0 Å². The van der Waals surface area contributed by atoms with Crippen LogP contribution in [-0.2, 0) is 4.79 Å². The number of amides is 1. The average Bonchev–Trinajstić information content (AvgIpc) is 3.46. The SMILES string of the molecule is CCCCCCCCCC/C=C\CCCCCCCCCCCCCCCCCCCCCCCCCC(=O)NC(CO)C(O)CCCCCCCCCCCCCCCCCCCCCCCCCCCCCCCCCCC. The highest BCUT2D eigenvalue weighted by Gasteiger charge is 2.20. The fourth-order valence-electron chi connectivity index (χ4n) is 12.5. The Bertz CT molecular complexity index is 1140. The van der Waals surface area contributed by atoms with Crippen LogP contribution in [0.3, 0.4) is 0 Å². The Morgan fingerprint density at radius 1 is 0.287 bits per heavy atom. The Kier molecular flexibility index (Phi) is 71.6. The van der Waals surface area contributed by atoms with E-state index in [9.17, 15) is 15.0 Å². The van der Waals surface area contributed by atoms with Gasteiger partial charge in [0.2, 0.25) is 5.91 Å². The predicted octanol–water partition coefficient (Wildman–Crippen LogP) is 25.9. The Morgan fingerprint density at radius 2 is 0.475 bits per heavy atom. The van der Waals surface area contributed by atoms with Crippen LogP contribution >= 0.6 is 0 Å². The summed E-state index contributed by atoms with van der Waals surface area (Å²) in [5.74, 6) is -0.0196. The summed E-state index contributed by atoms with van der Waals surface area (Å²) < 4.78 is 0. The fourth-order valence-corrected chi connectivity index (χ4v) is 12.5. The number of aliphatic hydroxyl groups excluding tert-OH is 2. The highest BCUT2D eigenvalue weighted by Crippen LogP contribution is 2.20.